The molecule has 1 fully saturated rings. The van der Waals surface area contributed by atoms with Gasteiger partial charge in [-0.1, -0.05) is 42.8 Å². The fourth-order valence-electron chi connectivity index (χ4n) is 1.66. The molecule has 0 bridgehead atoms. The molecule has 0 N–H and O–H groups in total. The van der Waals surface area contributed by atoms with Gasteiger partial charge in [0.15, 0.2) is 0 Å². The summed E-state index contributed by atoms with van der Waals surface area (Å²) in [6, 6.07) is 8.61. The number of hydrogen-bond acceptors (Lipinski definition) is 1. The van der Waals surface area contributed by atoms with Crippen molar-refractivity contribution < 1.29 is 4.74 Å². The van der Waals surface area contributed by atoms with Crippen LogP contribution in [0.2, 0.25) is 0 Å². The van der Waals surface area contributed by atoms with Crippen molar-refractivity contribution in [3.8, 4) is 0 Å². The largest absolute Gasteiger partial charge is 0.376 e. The molecule has 0 unspecified atom stereocenters. The molecule has 1 atom stereocenters. The van der Waals surface area contributed by atoms with Crippen LogP contribution in [0.25, 0.3) is 6.08 Å². The van der Waals surface area contributed by atoms with Crippen LogP contribution in [0, 0.1) is 12.8 Å². The zero-order valence-corrected chi connectivity index (χ0v) is 8.79. The maximum Gasteiger partial charge on any atom is 0.0683 e. The smallest absolute Gasteiger partial charge is 0.0683 e. The van der Waals surface area contributed by atoms with Crippen molar-refractivity contribution in [3.05, 3.63) is 41.0 Å². The van der Waals surface area contributed by atoms with E-state index in [9.17, 15) is 0 Å². The number of hydrogen-bond donors (Lipinski definition) is 0. The molecule has 0 spiro atoms. The third-order valence-corrected chi connectivity index (χ3v) is 2.70. The van der Waals surface area contributed by atoms with E-state index in [1.807, 2.05) is 0 Å². The first kappa shape index (κ1) is 9.47. The molecule has 0 amide bonds. The molecular formula is C13H16O. The molecule has 1 saturated heterocycles. The topological polar surface area (TPSA) is 9.23 Å². The molecule has 1 aromatic carbocycles. The second-order valence-electron chi connectivity index (χ2n) is 4.05. The van der Waals surface area contributed by atoms with E-state index in [0.717, 1.165) is 13.2 Å². The highest BCUT2D eigenvalue weighted by atomic mass is 16.5. The Labute approximate surface area is 85.4 Å². The Bertz CT molecular complexity index is 335. The molecule has 0 aromatic heterocycles. The van der Waals surface area contributed by atoms with Crippen molar-refractivity contribution in [2.75, 3.05) is 13.2 Å². The van der Waals surface area contributed by atoms with Gasteiger partial charge in [-0.3, -0.25) is 0 Å². The Morgan fingerprint density at radius 3 is 2.57 bits per heavy atom. The summed E-state index contributed by atoms with van der Waals surface area (Å²) < 4.78 is 5.40. The molecule has 2 rings (SSSR count). The lowest BCUT2D eigenvalue weighted by molar-refractivity contribution is 0.191. The summed E-state index contributed by atoms with van der Waals surface area (Å²) in [6.07, 6.45) is 2.25. The normalized spacial score (nSPS) is 24.4. The fraction of sp³-hybridized carbons (Fsp3) is 0.385. The van der Waals surface area contributed by atoms with Crippen molar-refractivity contribution in [2.45, 2.75) is 13.8 Å². The summed E-state index contributed by atoms with van der Waals surface area (Å²) in [5, 5.41) is 0. The highest BCUT2D eigenvalue weighted by molar-refractivity contribution is 5.54. The zero-order chi connectivity index (χ0) is 9.97. The first-order valence-electron chi connectivity index (χ1n) is 5.10. The van der Waals surface area contributed by atoms with Crippen LogP contribution >= 0.6 is 0 Å². The second kappa shape index (κ2) is 3.97. The molecule has 1 heteroatoms. The monoisotopic (exact) mass is 188 g/mol. The van der Waals surface area contributed by atoms with Gasteiger partial charge in [-0.2, -0.15) is 0 Å². The van der Waals surface area contributed by atoms with E-state index in [0.29, 0.717) is 5.92 Å². The molecule has 74 valence electrons. The summed E-state index contributed by atoms with van der Waals surface area (Å²) in [5.41, 5.74) is 4.00. The third kappa shape index (κ3) is 2.05. The minimum absolute atomic E-state index is 0.580. The summed E-state index contributed by atoms with van der Waals surface area (Å²) in [7, 11) is 0. The van der Waals surface area contributed by atoms with Crippen LogP contribution in [0.15, 0.2) is 29.8 Å². The standard InChI is InChI=1S/C13H16O/c1-10-3-5-12(6-4-10)7-13-9-14-8-11(13)2/h3-7,11H,8-9H2,1-2H3/b13-7+/t11-/m1/s1. The van der Waals surface area contributed by atoms with Crippen molar-refractivity contribution in [1.82, 2.24) is 0 Å². The van der Waals surface area contributed by atoms with Gasteiger partial charge in [0.25, 0.3) is 0 Å². The van der Waals surface area contributed by atoms with Crippen molar-refractivity contribution in [2.24, 2.45) is 5.92 Å². The van der Waals surface area contributed by atoms with Crippen LogP contribution in [0.3, 0.4) is 0 Å². The highest BCUT2D eigenvalue weighted by Gasteiger charge is 2.16. The molecule has 0 saturated carbocycles. The molecule has 1 heterocycles. The van der Waals surface area contributed by atoms with E-state index in [1.54, 1.807) is 0 Å². The maximum absolute atomic E-state index is 5.40. The average molecular weight is 188 g/mol. The molecule has 0 aliphatic carbocycles. The molecule has 1 aliphatic heterocycles. The van der Waals surface area contributed by atoms with Gasteiger partial charge in [0, 0.05) is 5.92 Å². The minimum atomic E-state index is 0.580. The summed E-state index contributed by atoms with van der Waals surface area (Å²) in [5.74, 6) is 0.580. The number of ether oxygens (including phenoxy) is 1. The van der Waals surface area contributed by atoms with Crippen LogP contribution in [-0.4, -0.2) is 13.2 Å². The third-order valence-electron chi connectivity index (χ3n) is 2.70. The van der Waals surface area contributed by atoms with Gasteiger partial charge in [-0.15, -0.1) is 0 Å². The van der Waals surface area contributed by atoms with E-state index in [1.165, 1.54) is 16.7 Å². The van der Waals surface area contributed by atoms with Crippen molar-refractivity contribution in [1.29, 1.82) is 0 Å². The Kier molecular flexibility index (Phi) is 2.69. The lowest BCUT2D eigenvalue weighted by Crippen LogP contribution is -1.94. The van der Waals surface area contributed by atoms with Crippen LogP contribution in [-0.2, 0) is 4.74 Å². The first-order chi connectivity index (χ1) is 6.75. The minimum Gasteiger partial charge on any atom is -0.376 e. The molecule has 1 aromatic rings. The average Bonchev–Trinajstić information content (AvgIpc) is 2.56. The van der Waals surface area contributed by atoms with E-state index in [-0.39, 0.29) is 0 Å². The molecule has 1 nitrogen and oxygen atoms in total. The van der Waals surface area contributed by atoms with E-state index in [2.05, 4.69) is 44.2 Å². The Morgan fingerprint density at radius 1 is 1.29 bits per heavy atom. The molecular weight excluding hydrogens is 172 g/mol. The van der Waals surface area contributed by atoms with Gasteiger partial charge in [-0.05, 0) is 18.1 Å². The van der Waals surface area contributed by atoms with Crippen LogP contribution in [0.1, 0.15) is 18.1 Å². The summed E-state index contributed by atoms with van der Waals surface area (Å²) >= 11 is 0. The van der Waals surface area contributed by atoms with E-state index < -0.39 is 0 Å². The fourth-order valence-corrected chi connectivity index (χ4v) is 1.66. The van der Waals surface area contributed by atoms with Gasteiger partial charge in [-0.25, -0.2) is 0 Å². The van der Waals surface area contributed by atoms with Crippen LogP contribution in [0.5, 0.6) is 0 Å². The lowest BCUT2D eigenvalue weighted by atomic mass is 10.0. The quantitative estimate of drug-likeness (QED) is 0.658. The van der Waals surface area contributed by atoms with Gasteiger partial charge >= 0.3 is 0 Å². The Hall–Kier alpha value is -1.08. The lowest BCUT2D eigenvalue weighted by Gasteiger charge is -2.02. The maximum atomic E-state index is 5.40. The number of aryl methyl sites for hydroxylation is 1. The first-order valence-corrected chi connectivity index (χ1v) is 5.10. The zero-order valence-electron chi connectivity index (χ0n) is 8.79. The summed E-state index contributed by atoms with van der Waals surface area (Å²) in [4.78, 5) is 0. The Balaban J connectivity index is 2.20. The molecule has 14 heavy (non-hydrogen) atoms. The number of rotatable bonds is 1. The second-order valence-corrected chi connectivity index (χ2v) is 4.05. The van der Waals surface area contributed by atoms with Gasteiger partial charge in [0.05, 0.1) is 13.2 Å². The van der Waals surface area contributed by atoms with Crippen molar-refractivity contribution >= 4 is 6.08 Å². The SMILES string of the molecule is Cc1ccc(/C=C2\COC[C@H]2C)cc1. The predicted octanol–water partition coefficient (Wildman–Crippen LogP) is 3.04. The van der Waals surface area contributed by atoms with Crippen molar-refractivity contribution in [3.63, 3.8) is 0 Å². The Morgan fingerprint density at radius 2 is 2.00 bits per heavy atom. The number of benzene rings is 1. The molecule has 0 radical (unpaired) electrons. The summed E-state index contributed by atoms with van der Waals surface area (Å²) in [6.45, 7) is 6.00. The van der Waals surface area contributed by atoms with Crippen LogP contribution in [0.4, 0.5) is 0 Å². The van der Waals surface area contributed by atoms with E-state index >= 15 is 0 Å². The molecule has 1 aliphatic rings. The van der Waals surface area contributed by atoms with Gasteiger partial charge in [0.2, 0.25) is 0 Å². The van der Waals surface area contributed by atoms with E-state index in [4.69, 9.17) is 4.74 Å². The highest BCUT2D eigenvalue weighted by Crippen LogP contribution is 2.21. The van der Waals surface area contributed by atoms with Crippen LogP contribution < -0.4 is 0 Å². The predicted molar refractivity (Wildman–Crippen MR) is 59.1 cm³/mol. The van der Waals surface area contributed by atoms with Gasteiger partial charge < -0.3 is 4.74 Å². The van der Waals surface area contributed by atoms with Gasteiger partial charge in [0.1, 0.15) is 0 Å².